The third kappa shape index (κ3) is 4.16. The van der Waals surface area contributed by atoms with Gasteiger partial charge in [0.25, 0.3) is 5.69 Å². The summed E-state index contributed by atoms with van der Waals surface area (Å²) in [7, 11) is 0. The number of carbonyl (C=O) groups is 2. The van der Waals surface area contributed by atoms with E-state index in [0.29, 0.717) is 12.0 Å². The number of amides is 1. The average Bonchev–Trinajstić information content (AvgIpc) is 2.52. The van der Waals surface area contributed by atoms with E-state index in [-0.39, 0.29) is 25.3 Å². The highest BCUT2D eigenvalue weighted by molar-refractivity contribution is 5.81. The highest BCUT2D eigenvalue weighted by Crippen LogP contribution is 2.20. The Morgan fingerprint density at radius 3 is 2.52 bits per heavy atom. The molecule has 2 unspecified atom stereocenters. The van der Waals surface area contributed by atoms with Crippen molar-refractivity contribution in [2.75, 3.05) is 6.54 Å². The predicted molar refractivity (Wildman–Crippen MR) is 76.7 cm³/mol. The number of hydrogen-bond acceptors (Lipinski definition) is 6. The van der Waals surface area contributed by atoms with Crippen molar-refractivity contribution in [2.24, 2.45) is 0 Å². The van der Waals surface area contributed by atoms with Crippen LogP contribution >= 0.6 is 0 Å². The summed E-state index contributed by atoms with van der Waals surface area (Å²) in [5.74, 6) is -0.697. The Bertz CT molecular complexity index is 602. The maximum absolute atomic E-state index is 12.1. The summed E-state index contributed by atoms with van der Waals surface area (Å²) in [5, 5.41) is 29.1. The predicted octanol–water partition coefficient (Wildman–Crippen LogP) is 1.14. The third-order valence-electron chi connectivity index (χ3n) is 3.60. The highest BCUT2D eigenvalue weighted by Gasteiger charge is 2.36. The van der Waals surface area contributed by atoms with Gasteiger partial charge >= 0.3 is 12.1 Å². The smallest absolute Gasteiger partial charge is 0.408 e. The molecule has 1 amide bonds. The van der Waals surface area contributed by atoms with Crippen LogP contribution in [-0.4, -0.2) is 50.8 Å². The number of likely N-dealkylation sites (tertiary alicyclic amines) is 1. The van der Waals surface area contributed by atoms with Crippen LogP contribution in [0.25, 0.3) is 0 Å². The summed E-state index contributed by atoms with van der Waals surface area (Å²) in [6.07, 6.45) is -1.57. The zero-order valence-corrected chi connectivity index (χ0v) is 12.1. The maximum atomic E-state index is 12.1. The molecule has 1 fully saturated rings. The first kappa shape index (κ1) is 16.7. The number of aliphatic hydroxyl groups excluding tert-OH is 1. The fraction of sp³-hybridized carbons (Fsp3) is 0.429. The van der Waals surface area contributed by atoms with Gasteiger partial charge in [0.05, 0.1) is 17.6 Å². The number of nitrogens with zero attached hydrogens (tertiary/aromatic N) is 2. The van der Waals surface area contributed by atoms with Gasteiger partial charge in [-0.2, -0.15) is 0 Å². The minimum Gasteiger partial charge on any atom is -0.465 e. The molecule has 0 aliphatic carbocycles. The third-order valence-corrected chi connectivity index (χ3v) is 3.60. The lowest BCUT2D eigenvalue weighted by atomic mass is 10.0. The zero-order chi connectivity index (χ0) is 17.0. The van der Waals surface area contributed by atoms with Crippen LogP contribution in [0, 0.1) is 10.1 Å². The quantitative estimate of drug-likeness (QED) is 0.482. The number of nitro groups is 1. The number of non-ortho nitro benzene ring substituents is 1. The van der Waals surface area contributed by atoms with Gasteiger partial charge in [-0.25, -0.2) is 9.59 Å². The topological polar surface area (TPSA) is 130 Å². The molecule has 23 heavy (non-hydrogen) atoms. The molecule has 0 radical (unpaired) electrons. The number of β-amino-alcohol motifs (C(OH)–C–C–N with tert-alkyl or cyclic N) is 1. The Labute approximate surface area is 131 Å². The molecular weight excluding hydrogens is 308 g/mol. The molecule has 9 nitrogen and oxygen atoms in total. The van der Waals surface area contributed by atoms with Gasteiger partial charge in [0.15, 0.2) is 0 Å². The van der Waals surface area contributed by atoms with Crippen molar-refractivity contribution in [1.29, 1.82) is 0 Å². The molecule has 0 spiro atoms. The van der Waals surface area contributed by atoms with Crippen LogP contribution in [0.1, 0.15) is 18.4 Å². The van der Waals surface area contributed by atoms with Gasteiger partial charge in [0.2, 0.25) is 0 Å². The lowest BCUT2D eigenvalue weighted by Crippen LogP contribution is -2.52. The second-order valence-corrected chi connectivity index (χ2v) is 5.21. The molecule has 1 aromatic carbocycles. The number of hydrogen-bond donors (Lipinski definition) is 2. The van der Waals surface area contributed by atoms with Gasteiger partial charge < -0.3 is 14.9 Å². The Balaban J connectivity index is 1.95. The molecule has 1 heterocycles. The van der Waals surface area contributed by atoms with Gasteiger partial charge in [0.1, 0.15) is 12.6 Å². The number of carboxylic acid groups (broad SMARTS) is 1. The lowest BCUT2D eigenvalue weighted by molar-refractivity contribution is -0.384. The monoisotopic (exact) mass is 324 g/mol. The molecule has 2 rings (SSSR count). The summed E-state index contributed by atoms with van der Waals surface area (Å²) in [5.41, 5.74) is 0.486. The van der Waals surface area contributed by atoms with Crippen LogP contribution in [0.2, 0.25) is 0 Å². The van der Waals surface area contributed by atoms with Crippen molar-refractivity contribution < 1.29 is 29.5 Å². The van der Waals surface area contributed by atoms with Gasteiger partial charge in [-0.05, 0) is 30.5 Å². The van der Waals surface area contributed by atoms with E-state index in [9.17, 15) is 24.8 Å². The van der Waals surface area contributed by atoms with E-state index in [1.54, 1.807) is 0 Å². The molecule has 124 valence electrons. The number of piperidine rings is 1. The Kier molecular flexibility index (Phi) is 5.12. The Hall–Kier alpha value is -2.68. The van der Waals surface area contributed by atoms with Crippen LogP contribution < -0.4 is 0 Å². The lowest BCUT2D eigenvalue weighted by Gasteiger charge is -2.34. The molecule has 9 heteroatoms. The summed E-state index contributed by atoms with van der Waals surface area (Å²) < 4.78 is 5.09. The molecule has 0 aromatic heterocycles. The highest BCUT2D eigenvalue weighted by atomic mass is 16.6. The number of esters is 1. The average molecular weight is 324 g/mol. The number of aliphatic hydroxyl groups is 1. The van der Waals surface area contributed by atoms with E-state index in [1.165, 1.54) is 24.3 Å². The second-order valence-electron chi connectivity index (χ2n) is 5.21. The first-order chi connectivity index (χ1) is 10.9. The van der Waals surface area contributed by atoms with Crippen molar-refractivity contribution in [1.82, 2.24) is 4.90 Å². The number of ether oxygens (including phenoxy) is 1. The number of benzene rings is 1. The molecular formula is C14H16N2O7. The van der Waals surface area contributed by atoms with E-state index in [4.69, 9.17) is 9.84 Å². The van der Waals surface area contributed by atoms with Crippen molar-refractivity contribution in [2.45, 2.75) is 31.6 Å². The van der Waals surface area contributed by atoms with E-state index in [0.717, 1.165) is 4.90 Å². The zero-order valence-electron chi connectivity index (χ0n) is 12.1. The molecule has 0 bridgehead atoms. The number of carbonyl (C=O) groups excluding carboxylic acids is 1. The van der Waals surface area contributed by atoms with Crippen LogP contribution in [0.3, 0.4) is 0 Å². The molecule has 1 aliphatic rings. The minimum atomic E-state index is -1.29. The van der Waals surface area contributed by atoms with Gasteiger partial charge in [-0.15, -0.1) is 0 Å². The largest absolute Gasteiger partial charge is 0.465 e. The van der Waals surface area contributed by atoms with E-state index < -0.39 is 29.1 Å². The fourth-order valence-corrected chi connectivity index (χ4v) is 2.37. The Morgan fingerprint density at radius 2 is 1.96 bits per heavy atom. The molecule has 0 saturated carbocycles. The molecule has 2 N–H and O–H groups in total. The van der Waals surface area contributed by atoms with Crippen molar-refractivity contribution in [3.8, 4) is 0 Å². The van der Waals surface area contributed by atoms with E-state index in [2.05, 4.69) is 0 Å². The van der Waals surface area contributed by atoms with E-state index in [1.807, 2.05) is 0 Å². The summed E-state index contributed by atoms with van der Waals surface area (Å²) in [6.45, 7) is -0.240. The minimum absolute atomic E-state index is 0.0709. The van der Waals surface area contributed by atoms with Gasteiger partial charge in [-0.3, -0.25) is 15.0 Å². The Morgan fingerprint density at radius 1 is 1.30 bits per heavy atom. The van der Waals surface area contributed by atoms with Gasteiger partial charge in [-0.1, -0.05) is 0 Å². The molecule has 1 aromatic rings. The maximum Gasteiger partial charge on any atom is 0.408 e. The summed E-state index contributed by atoms with van der Waals surface area (Å²) in [4.78, 5) is 34.1. The second kappa shape index (κ2) is 7.05. The van der Waals surface area contributed by atoms with E-state index >= 15 is 0 Å². The molecule has 2 atom stereocenters. The fourth-order valence-electron chi connectivity index (χ4n) is 2.37. The SMILES string of the molecule is O=C(OCc1ccc([N+](=O)[O-])cc1)C1CCC(O)CN1C(=O)O. The summed E-state index contributed by atoms with van der Waals surface area (Å²) in [6, 6.07) is 4.57. The van der Waals surface area contributed by atoms with Crippen LogP contribution in [0.15, 0.2) is 24.3 Å². The summed E-state index contributed by atoms with van der Waals surface area (Å²) >= 11 is 0. The van der Waals surface area contributed by atoms with Crippen LogP contribution in [-0.2, 0) is 16.1 Å². The molecule has 1 aliphatic heterocycles. The van der Waals surface area contributed by atoms with Crippen molar-refractivity contribution in [3.63, 3.8) is 0 Å². The number of rotatable bonds is 4. The molecule has 1 saturated heterocycles. The first-order valence-corrected chi connectivity index (χ1v) is 6.96. The van der Waals surface area contributed by atoms with Crippen LogP contribution in [0.5, 0.6) is 0 Å². The van der Waals surface area contributed by atoms with Crippen molar-refractivity contribution in [3.05, 3.63) is 39.9 Å². The van der Waals surface area contributed by atoms with Crippen molar-refractivity contribution >= 4 is 17.7 Å². The van der Waals surface area contributed by atoms with Crippen LogP contribution in [0.4, 0.5) is 10.5 Å². The van der Waals surface area contributed by atoms with Gasteiger partial charge in [0, 0.05) is 12.1 Å². The first-order valence-electron chi connectivity index (χ1n) is 6.96. The number of nitro benzene ring substituents is 1. The standard InChI is InChI=1S/C14H16N2O7/c17-11-5-6-12(15(7-11)14(19)20)13(18)23-8-9-1-3-10(4-2-9)16(21)22/h1-4,11-12,17H,5-8H2,(H,19,20). The normalized spacial score (nSPS) is 20.8.